The molecule has 0 radical (unpaired) electrons. The number of carbonyl (C=O) groups excluding carboxylic acids is 19. The van der Waals surface area contributed by atoms with Gasteiger partial charge in [-0.05, 0) is 140 Å². The molecule has 0 unspecified atom stereocenters. The van der Waals surface area contributed by atoms with Crippen LogP contribution in [0.15, 0.2) is 24.3 Å². The number of hydrogen-bond acceptors (Lipinski definition) is 34. The molecule has 0 spiro atoms. The Balaban J connectivity index is 3.81. The minimum atomic E-state index is -2.24. The molecule has 0 heterocycles. The molecule has 144 heavy (non-hydrogen) atoms. The van der Waals surface area contributed by atoms with Crippen molar-refractivity contribution in [3.63, 3.8) is 0 Å². The van der Waals surface area contributed by atoms with E-state index in [0.717, 1.165) is 37.7 Å². The highest BCUT2D eigenvalue weighted by atomic mass is 32.2. The molecule has 62 heteroatoms. The van der Waals surface area contributed by atoms with Crippen LogP contribution in [0.4, 0.5) is 0 Å². The van der Waals surface area contributed by atoms with Gasteiger partial charge in [0.1, 0.15) is 96.4 Å². The smallest absolute Gasteiger partial charge is 0.326 e. The van der Waals surface area contributed by atoms with Crippen LogP contribution in [0, 0.1) is 10.8 Å². The average molecular weight is 2070 g/mol. The molecule has 0 fully saturated rings. The molecule has 18 atom stereocenters. The van der Waals surface area contributed by atoms with Crippen molar-refractivity contribution in [1.29, 1.82) is 10.8 Å². The first kappa shape index (κ1) is 127. The number of aliphatic hydroxyl groups is 4. The minimum absolute atomic E-state index is 0.000159. The third-order valence-electron chi connectivity index (χ3n) is 20.6. The summed E-state index contributed by atoms with van der Waals surface area (Å²) in [4.78, 5) is 320. The van der Waals surface area contributed by atoms with Crippen LogP contribution in [-0.4, -0.2) is 372 Å². The Bertz CT molecular complexity index is 4610. The number of carboxylic acids is 5. The Morgan fingerprint density at radius 2 is 0.646 bits per heavy atom. The molecule has 0 aliphatic rings. The number of carbonyl (C=O) groups is 24. The fourth-order valence-electron chi connectivity index (χ4n) is 12.8. The van der Waals surface area contributed by atoms with Gasteiger partial charge < -0.3 is 186 Å². The van der Waals surface area contributed by atoms with Gasteiger partial charge in [-0.3, -0.25) is 121 Å². The zero-order chi connectivity index (χ0) is 109. The topological polar surface area (TPSA) is 1040 Å². The number of benzene rings is 1. The number of aromatic hydroxyl groups is 1. The lowest BCUT2D eigenvalue weighted by Gasteiger charge is -2.28. The molecule has 61 nitrogen and oxygen atoms in total. The molecule has 0 aromatic heterocycles. The monoisotopic (exact) mass is 2070 g/mol. The number of nitrogens with one attached hydrogen (secondary N) is 21. The number of carboxylic acid groups (broad SMARTS) is 5. The minimum Gasteiger partial charge on any atom is -0.508 e. The van der Waals surface area contributed by atoms with Gasteiger partial charge in [-0.15, -0.1) is 0 Å². The highest BCUT2D eigenvalue weighted by Crippen LogP contribution is 2.16. The summed E-state index contributed by atoms with van der Waals surface area (Å²) in [6, 6.07) is -24.9. The molecule has 0 aliphatic heterocycles. The molecule has 806 valence electrons. The Labute approximate surface area is 826 Å². The van der Waals surface area contributed by atoms with Crippen molar-refractivity contribution >= 4 is 166 Å². The van der Waals surface area contributed by atoms with E-state index in [1.807, 2.05) is 10.6 Å². The fraction of sp³-hybridized carbons (Fsp3) is 0.610. The second kappa shape index (κ2) is 67.4. The second-order valence-corrected chi connectivity index (χ2v) is 33.6. The van der Waals surface area contributed by atoms with Gasteiger partial charge in [0.05, 0.1) is 51.0 Å². The number of unbranched alkanes of at least 4 members (excludes halogenated alkanes) is 1. The van der Waals surface area contributed by atoms with Crippen molar-refractivity contribution < 1.29 is 166 Å². The number of amides is 19. The number of thioether (sulfide) groups is 1. The van der Waals surface area contributed by atoms with E-state index in [1.165, 1.54) is 25.3 Å². The summed E-state index contributed by atoms with van der Waals surface area (Å²) in [6.45, 7) is -1.33. The van der Waals surface area contributed by atoms with Crippen LogP contribution in [-0.2, 0) is 121 Å². The molecule has 0 bridgehead atoms. The van der Waals surface area contributed by atoms with Gasteiger partial charge in [-0.25, -0.2) is 4.79 Å². The van der Waals surface area contributed by atoms with Gasteiger partial charge in [0.15, 0.2) is 11.9 Å². The summed E-state index contributed by atoms with van der Waals surface area (Å²) >= 11 is 1.07. The SMILES string of the molecule is CSCC[C@H](NC(=O)[C@H](CCC(N)=O)NC(=O)[C@H](CCC(=O)O)NC(=O)[C@H](Cc1ccc(O)cc1)NC(=O)[C@H](CO)NC(=O)[C@H](CCCNC(=N)N)NC(=O)[C@H](CCCCN)NC(=O)[C@@H](NC(=O)CNC(=O)[C@H](CCC(N)=O)NC(=O)[C@H](CO)NC(=O)[C@H](C)N)[C@@H](C)O)C(=O)N[C@@H](CCC(=O)O)C(=O)N[C@H](C(=O)N[C@@H](CC(=O)O)C(=O)NCC(=O)N[C@@H](CCC(=O)O)C(=O)N[C@@H](CCCNC(=N)N)C(=O)O)[C@@H](C)O. The number of guanidine groups is 2. The number of primary amides is 2. The maximum Gasteiger partial charge on any atom is 0.326 e. The summed E-state index contributed by atoms with van der Waals surface area (Å²) in [6.07, 6.45) is -12.8. The highest BCUT2D eigenvalue weighted by Gasteiger charge is 2.41. The van der Waals surface area contributed by atoms with Crippen LogP contribution in [0.2, 0.25) is 0 Å². The third-order valence-corrected chi connectivity index (χ3v) is 21.2. The summed E-state index contributed by atoms with van der Waals surface area (Å²) in [5.41, 5.74) is 32.8. The quantitative estimate of drug-likeness (QED) is 0.0164. The van der Waals surface area contributed by atoms with Crippen LogP contribution >= 0.6 is 11.8 Å². The molecule has 0 saturated carbocycles. The Hall–Kier alpha value is -15.0. The largest absolute Gasteiger partial charge is 0.508 e. The molecule has 43 N–H and O–H groups in total. The number of rotatable bonds is 73. The standard InChI is InChI=1S/C82H133N27O34S/c1-37(84)65(127)106-53(35-110)76(138)97-44(16-21-55(85)115)66(128)93-34-58(118)108-63(38(2)112)78(140)102-42(9-5-6-27-83)68(130)96-43(10-7-28-91-81(87)88)69(131)107-54(36-111)77(139)104-51(31-40-12-14-41(114)15-13-40)75(137)100-47(19-24-60(121)122)72(134)98-46(17-22-56(86)116)71(133)101-49(26-30-144-4)73(135)99-48(20-25-61(123)124)74(136)109-64(39(3)113)79(141)105-52(32-62(125)126)67(129)94-33-57(117)95-45(18-23-59(119)120)70(132)103-50(80(142)143)11-8-29-92-82(89)90/h12-15,37-39,42-54,63-64,110-114H,5-11,16-36,83-84H2,1-4H3,(H2,85,115)(H2,86,116)(H,93,128)(H,94,129)(H,95,117)(H,96,130)(H,97,138)(H,98,134)(H,99,135)(H,100,137)(H,101,133)(H,102,140)(H,103,132)(H,104,139)(H,105,141)(H,106,127)(H,107,131)(H,108,118)(H,109,136)(H,119,120)(H,121,122)(H,123,124)(H,125,126)(H,142,143)(H4,87,88,91)(H4,89,90,92)/t37-,38+,39+,42-,43-,44-,45-,46-,47-,48-,49-,50-,51-,52-,53-,54-,63-,64-/m0/s1. The maximum absolute atomic E-state index is 14.8. The van der Waals surface area contributed by atoms with Crippen molar-refractivity contribution in [3.8, 4) is 5.75 Å². The lowest BCUT2D eigenvalue weighted by atomic mass is 10.0. The second-order valence-electron chi connectivity index (χ2n) is 32.6. The summed E-state index contributed by atoms with van der Waals surface area (Å²) in [5.74, 6) is -33.1. The van der Waals surface area contributed by atoms with Crippen molar-refractivity contribution in [1.82, 2.24) is 101 Å². The normalized spacial score (nSPS) is 14.7. The van der Waals surface area contributed by atoms with Crippen molar-refractivity contribution in [2.45, 2.75) is 258 Å². The van der Waals surface area contributed by atoms with E-state index in [4.69, 9.17) is 45.2 Å². The molecular formula is C82H133N27O34S. The number of aliphatic hydroxyl groups excluding tert-OH is 4. The predicted octanol–water partition coefficient (Wildman–Crippen LogP) is -15.4. The number of phenolic OH excluding ortho intramolecular Hbond substituents is 1. The lowest BCUT2D eigenvalue weighted by molar-refractivity contribution is -0.143. The number of nitrogens with two attached hydrogens (primary N) is 6. The molecule has 1 aromatic carbocycles. The van der Waals surface area contributed by atoms with Gasteiger partial charge >= 0.3 is 29.8 Å². The van der Waals surface area contributed by atoms with Gasteiger partial charge in [-0.2, -0.15) is 11.8 Å². The highest BCUT2D eigenvalue weighted by molar-refractivity contribution is 7.98. The van der Waals surface area contributed by atoms with Crippen LogP contribution in [0.3, 0.4) is 0 Å². The summed E-state index contributed by atoms with van der Waals surface area (Å²) < 4.78 is 0. The Kier molecular flexibility index (Phi) is 59.4. The van der Waals surface area contributed by atoms with E-state index in [-0.39, 0.29) is 75.2 Å². The number of phenols is 1. The Morgan fingerprint density at radius 3 is 1.01 bits per heavy atom. The van der Waals surface area contributed by atoms with E-state index < -0.39 is 379 Å². The average Bonchev–Trinajstić information content (AvgIpc) is 0.759. The molecule has 1 aromatic rings. The van der Waals surface area contributed by atoms with Crippen molar-refractivity contribution in [2.24, 2.45) is 34.4 Å². The molecule has 1 rings (SSSR count). The molecule has 0 aliphatic carbocycles. The van der Waals surface area contributed by atoms with E-state index in [9.17, 15) is 166 Å². The lowest BCUT2D eigenvalue weighted by Crippen LogP contribution is -2.62. The van der Waals surface area contributed by atoms with Crippen LogP contribution < -0.4 is 135 Å². The van der Waals surface area contributed by atoms with Crippen LogP contribution in [0.5, 0.6) is 5.75 Å². The van der Waals surface area contributed by atoms with Gasteiger partial charge in [0, 0.05) is 51.6 Å². The van der Waals surface area contributed by atoms with E-state index >= 15 is 0 Å². The van der Waals surface area contributed by atoms with Crippen LogP contribution in [0.1, 0.15) is 148 Å². The van der Waals surface area contributed by atoms with Crippen LogP contribution in [0.25, 0.3) is 0 Å². The van der Waals surface area contributed by atoms with Crippen molar-refractivity contribution in [2.75, 3.05) is 57.9 Å². The van der Waals surface area contributed by atoms with E-state index in [1.54, 1.807) is 0 Å². The predicted molar refractivity (Wildman–Crippen MR) is 500 cm³/mol. The first-order valence-electron chi connectivity index (χ1n) is 44.8. The van der Waals surface area contributed by atoms with Gasteiger partial charge in [-0.1, -0.05) is 12.1 Å². The zero-order valence-electron chi connectivity index (χ0n) is 79.1. The Morgan fingerprint density at radius 1 is 0.340 bits per heavy atom. The first-order valence-corrected chi connectivity index (χ1v) is 46.2. The van der Waals surface area contributed by atoms with E-state index in [2.05, 4.69) is 90.4 Å². The van der Waals surface area contributed by atoms with Gasteiger partial charge in [0.25, 0.3) is 0 Å². The summed E-state index contributed by atoms with van der Waals surface area (Å²) in [7, 11) is 0. The third kappa shape index (κ3) is 51.9. The number of hydrogen-bond donors (Lipinski definition) is 37. The molecule has 0 saturated heterocycles. The molecular weight excluding hydrogens is 1940 g/mol. The molecule has 19 amide bonds. The van der Waals surface area contributed by atoms with Crippen molar-refractivity contribution in [3.05, 3.63) is 29.8 Å². The maximum atomic E-state index is 14.8. The van der Waals surface area contributed by atoms with E-state index in [0.29, 0.717) is 0 Å². The first-order chi connectivity index (χ1) is 67.6. The summed E-state index contributed by atoms with van der Waals surface area (Å²) in [5, 5.41) is 158. The number of aliphatic carboxylic acids is 5. The zero-order valence-corrected chi connectivity index (χ0v) is 80.0. The fourth-order valence-corrected chi connectivity index (χ4v) is 13.3. The van der Waals surface area contributed by atoms with Gasteiger partial charge in [0.2, 0.25) is 112 Å².